The van der Waals surface area contributed by atoms with Crippen LogP contribution in [0.5, 0.6) is 5.95 Å². The van der Waals surface area contributed by atoms with Crippen molar-refractivity contribution in [3.63, 3.8) is 0 Å². The zero-order chi connectivity index (χ0) is 15.6. The van der Waals surface area contributed by atoms with Crippen LogP contribution in [-0.4, -0.2) is 16.9 Å². The molecular weight excluding hydrogens is 288 g/mol. The van der Waals surface area contributed by atoms with E-state index in [0.29, 0.717) is 11.7 Å². The number of hydrogen-bond donors (Lipinski definition) is 0. The summed E-state index contributed by atoms with van der Waals surface area (Å²) in [6, 6.07) is 22.2. The summed E-state index contributed by atoms with van der Waals surface area (Å²) in [7, 11) is 1.59. The van der Waals surface area contributed by atoms with Crippen LogP contribution in [-0.2, 0) is 6.54 Å². The fraction of sp³-hybridized carbons (Fsp3) is 0.105. The van der Waals surface area contributed by atoms with Gasteiger partial charge in [-0.25, -0.2) is 0 Å². The molecule has 0 unspecified atom stereocenters. The molecule has 0 aliphatic rings. The highest BCUT2D eigenvalue weighted by Gasteiger charge is 2.15. The van der Waals surface area contributed by atoms with Gasteiger partial charge in [-0.2, -0.15) is 5.10 Å². The number of hydrogen-bond acceptors (Lipinski definition) is 3. The molecule has 2 heterocycles. The quantitative estimate of drug-likeness (QED) is 0.562. The summed E-state index contributed by atoms with van der Waals surface area (Å²) in [5, 5.41) is 5.84. The summed E-state index contributed by atoms with van der Waals surface area (Å²) in [4.78, 5) is 0. The summed E-state index contributed by atoms with van der Waals surface area (Å²) in [6.45, 7) is 0.721. The minimum atomic E-state index is 0.488. The van der Waals surface area contributed by atoms with Crippen molar-refractivity contribution in [1.82, 2.24) is 9.78 Å². The van der Waals surface area contributed by atoms with Crippen molar-refractivity contribution in [2.24, 2.45) is 0 Å². The third-order valence-electron chi connectivity index (χ3n) is 3.85. The van der Waals surface area contributed by atoms with Gasteiger partial charge in [-0.3, -0.25) is 4.68 Å². The lowest BCUT2D eigenvalue weighted by Crippen LogP contribution is -2.01. The van der Waals surface area contributed by atoms with Gasteiger partial charge < -0.3 is 9.15 Å². The first kappa shape index (κ1) is 13.6. The number of aromatic nitrogens is 2. The number of ether oxygens (including phenoxy) is 1. The lowest BCUT2D eigenvalue weighted by atomic mass is 10.2. The molecule has 23 heavy (non-hydrogen) atoms. The topological polar surface area (TPSA) is 40.2 Å². The number of furan rings is 1. The minimum absolute atomic E-state index is 0.488. The van der Waals surface area contributed by atoms with Gasteiger partial charge in [0.25, 0.3) is 5.95 Å². The molecule has 4 aromatic rings. The number of nitrogens with zero attached hydrogens (tertiary/aromatic N) is 2. The Morgan fingerprint density at radius 2 is 1.74 bits per heavy atom. The molecule has 0 amide bonds. The first-order chi connectivity index (χ1) is 11.3. The van der Waals surface area contributed by atoms with Crippen LogP contribution < -0.4 is 4.74 Å². The van der Waals surface area contributed by atoms with Crippen LogP contribution in [0.25, 0.3) is 22.4 Å². The van der Waals surface area contributed by atoms with Crippen molar-refractivity contribution >= 4 is 10.9 Å². The monoisotopic (exact) mass is 304 g/mol. The van der Waals surface area contributed by atoms with E-state index in [0.717, 1.165) is 23.1 Å². The molecule has 0 spiro atoms. The van der Waals surface area contributed by atoms with Crippen molar-refractivity contribution in [3.05, 3.63) is 72.3 Å². The molecule has 0 bridgehead atoms. The van der Waals surface area contributed by atoms with Crippen molar-refractivity contribution < 1.29 is 9.15 Å². The third-order valence-corrected chi connectivity index (χ3v) is 3.85. The zero-order valence-corrected chi connectivity index (χ0v) is 12.8. The van der Waals surface area contributed by atoms with Crippen molar-refractivity contribution in [2.45, 2.75) is 6.54 Å². The second-order valence-electron chi connectivity index (χ2n) is 5.33. The van der Waals surface area contributed by atoms with Gasteiger partial charge in [-0.05, 0) is 17.7 Å². The van der Waals surface area contributed by atoms with E-state index >= 15 is 0 Å². The Hall–Kier alpha value is -3.01. The SMILES string of the molecule is COc1ccc(-c2nn(Cc3ccccc3)c3ccccc23)o1. The predicted molar refractivity (Wildman–Crippen MR) is 89.5 cm³/mol. The number of para-hydroxylation sites is 1. The maximum atomic E-state index is 5.69. The van der Waals surface area contributed by atoms with E-state index in [-0.39, 0.29) is 0 Å². The molecule has 2 aromatic carbocycles. The van der Waals surface area contributed by atoms with Crippen LogP contribution >= 0.6 is 0 Å². The highest BCUT2D eigenvalue weighted by Crippen LogP contribution is 2.31. The molecule has 0 radical (unpaired) electrons. The van der Waals surface area contributed by atoms with Crippen LogP contribution in [0, 0.1) is 0 Å². The molecular formula is C19H16N2O2. The normalized spacial score (nSPS) is 11.0. The second-order valence-corrected chi connectivity index (χ2v) is 5.33. The zero-order valence-electron chi connectivity index (χ0n) is 12.8. The summed E-state index contributed by atoms with van der Waals surface area (Å²) in [6.07, 6.45) is 0. The van der Waals surface area contributed by atoms with Crippen LogP contribution in [0.1, 0.15) is 5.56 Å². The van der Waals surface area contributed by atoms with Gasteiger partial charge in [-0.1, -0.05) is 48.5 Å². The summed E-state index contributed by atoms with van der Waals surface area (Å²) >= 11 is 0. The van der Waals surface area contributed by atoms with Crippen LogP contribution in [0.3, 0.4) is 0 Å². The Bertz CT molecular complexity index is 938. The number of fused-ring (bicyclic) bond motifs is 1. The highest BCUT2D eigenvalue weighted by atomic mass is 16.6. The number of benzene rings is 2. The molecule has 4 rings (SSSR count). The second kappa shape index (κ2) is 5.65. The van der Waals surface area contributed by atoms with Gasteiger partial charge in [0.15, 0.2) is 5.76 Å². The summed E-state index contributed by atoms with van der Waals surface area (Å²) < 4.78 is 12.8. The average Bonchev–Trinajstić information content (AvgIpc) is 3.21. The molecule has 0 atom stereocenters. The first-order valence-electron chi connectivity index (χ1n) is 7.49. The van der Waals surface area contributed by atoms with E-state index in [1.54, 1.807) is 13.2 Å². The summed E-state index contributed by atoms with van der Waals surface area (Å²) in [5.41, 5.74) is 3.13. The van der Waals surface area contributed by atoms with Crippen molar-refractivity contribution in [1.29, 1.82) is 0 Å². The van der Waals surface area contributed by atoms with Gasteiger partial charge in [0.05, 0.1) is 19.2 Å². The fourth-order valence-electron chi connectivity index (χ4n) is 2.74. The largest absolute Gasteiger partial charge is 0.468 e. The highest BCUT2D eigenvalue weighted by molar-refractivity contribution is 5.92. The molecule has 0 fully saturated rings. The Balaban J connectivity index is 1.83. The maximum Gasteiger partial charge on any atom is 0.284 e. The van der Waals surface area contributed by atoms with E-state index < -0.39 is 0 Å². The molecule has 114 valence electrons. The first-order valence-corrected chi connectivity index (χ1v) is 7.49. The van der Waals surface area contributed by atoms with Crippen LogP contribution in [0.2, 0.25) is 0 Å². The fourth-order valence-corrected chi connectivity index (χ4v) is 2.74. The standard InChI is InChI=1S/C19H16N2O2/c1-22-18-12-11-17(23-18)19-15-9-5-6-10-16(15)21(20-19)13-14-7-3-2-4-8-14/h2-12H,13H2,1H3. The molecule has 0 saturated heterocycles. The molecule has 2 aromatic heterocycles. The van der Waals surface area contributed by atoms with E-state index in [1.165, 1.54) is 5.56 Å². The Morgan fingerprint density at radius 3 is 2.52 bits per heavy atom. The molecule has 0 aliphatic heterocycles. The Labute approximate surface area is 133 Å². The lowest BCUT2D eigenvalue weighted by Gasteiger charge is -2.03. The number of rotatable bonds is 4. The van der Waals surface area contributed by atoms with Crippen LogP contribution in [0.4, 0.5) is 0 Å². The molecule has 4 heteroatoms. The van der Waals surface area contributed by atoms with Gasteiger partial charge in [0, 0.05) is 11.5 Å². The summed E-state index contributed by atoms with van der Waals surface area (Å²) in [5.74, 6) is 1.20. The minimum Gasteiger partial charge on any atom is -0.468 e. The molecule has 0 N–H and O–H groups in total. The van der Waals surface area contributed by atoms with E-state index in [9.17, 15) is 0 Å². The number of methoxy groups -OCH3 is 1. The smallest absolute Gasteiger partial charge is 0.284 e. The van der Waals surface area contributed by atoms with Crippen molar-refractivity contribution in [2.75, 3.05) is 7.11 Å². The molecule has 4 nitrogen and oxygen atoms in total. The van der Waals surface area contributed by atoms with Gasteiger partial charge >= 0.3 is 0 Å². The Kier molecular flexibility index (Phi) is 3.35. The van der Waals surface area contributed by atoms with Gasteiger partial charge in [0.1, 0.15) is 5.69 Å². The third kappa shape index (κ3) is 2.48. The average molecular weight is 304 g/mol. The van der Waals surface area contributed by atoms with Crippen molar-refractivity contribution in [3.8, 4) is 17.4 Å². The van der Waals surface area contributed by atoms with E-state index in [1.807, 2.05) is 41.1 Å². The van der Waals surface area contributed by atoms with Gasteiger partial charge in [-0.15, -0.1) is 0 Å². The van der Waals surface area contributed by atoms with Crippen LogP contribution in [0.15, 0.2) is 71.1 Å². The lowest BCUT2D eigenvalue weighted by molar-refractivity contribution is 0.309. The van der Waals surface area contributed by atoms with E-state index in [4.69, 9.17) is 14.3 Å². The van der Waals surface area contributed by atoms with Gasteiger partial charge in [0.2, 0.25) is 0 Å². The predicted octanol–water partition coefficient (Wildman–Crippen LogP) is 4.35. The Morgan fingerprint density at radius 1 is 0.957 bits per heavy atom. The maximum absolute atomic E-state index is 5.69. The van der Waals surface area contributed by atoms with E-state index in [2.05, 4.69) is 24.3 Å². The molecule has 0 saturated carbocycles. The molecule has 0 aliphatic carbocycles.